The summed E-state index contributed by atoms with van der Waals surface area (Å²) in [5.74, 6) is -0.935. The number of rotatable bonds is 8. The Kier molecular flexibility index (Phi) is 8.78. The van der Waals surface area contributed by atoms with Crippen LogP contribution in [-0.2, 0) is 4.79 Å². The normalized spacial score (nSPS) is 10.6. The van der Waals surface area contributed by atoms with Gasteiger partial charge in [0.15, 0.2) is 11.5 Å². The molecule has 3 aromatic rings. The average Bonchev–Trinajstić information content (AvgIpc) is 2.83. The summed E-state index contributed by atoms with van der Waals surface area (Å²) in [6.45, 7) is -0.267. The summed E-state index contributed by atoms with van der Waals surface area (Å²) in [6.07, 6.45) is 1.39. The zero-order valence-corrected chi connectivity index (χ0v) is 20.2. The van der Waals surface area contributed by atoms with E-state index in [0.29, 0.717) is 27.5 Å². The van der Waals surface area contributed by atoms with E-state index in [2.05, 4.69) is 31.8 Å². The van der Waals surface area contributed by atoms with Crippen LogP contribution in [0.3, 0.4) is 0 Å². The highest BCUT2D eigenvalue weighted by atomic mass is 79.9. The Morgan fingerprint density at radius 2 is 1.76 bits per heavy atom. The van der Waals surface area contributed by atoms with Crippen LogP contribution in [0.4, 0.5) is 0 Å². The Morgan fingerprint density at radius 3 is 2.50 bits per heavy atom. The topological polar surface area (TPSA) is 106 Å². The standard InChI is InChI=1S/C24H19BrClN3O5/c1-33-21-10-15(8-9-20(21)34-24(32)17-5-2-6-18(25)11-17)13-28-29-22(30)14-27-23(31)16-4-3-7-19(26)12-16/h2-13H,14H2,1H3,(H,27,31)(H,29,30)/b28-13+. The third-order valence-corrected chi connectivity index (χ3v) is 5.08. The molecule has 0 unspecified atom stereocenters. The van der Waals surface area contributed by atoms with Crippen LogP contribution in [0.2, 0.25) is 5.02 Å². The first kappa shape index (κ1) is 24.9. The second-order valence-corrected chi connectivity index (χ2v) is 8.15. The van der Waals surface area contributed by atoms with Crippen molar-refractivity contribution in [1.82, 2.24) is 10.7 Å². The van der Waals surface area contributed by atoms with Gasteiger partial charge >= 0.3 is 5.97 Å². The van der Waals surface area contributed by atoms with Gasteiger partial charge in [0.1, 0.15) is 0 Å². The molecule has 10 heteroatoms. The monoisotopic (exact) mass is 543 g/mol. The molecule has 0 spiro atoms. The number of methoxy groups -OCH3 is 1. The van der Waals surface area contributed by atoms with E-state index >= 15 is 0 Å². The number of ether oxygens (including phenoxy) is 2. The van der Waals surface area contributed by atoms with Gasteiger partial charge in [-0.2, -0.15) is 5.10 Å². The van der Waals surface area contributed by atoms with Crippen molar-refractivity contribution in [3.8, 4) is 11.5 Å². The van der Waals surface area contributed by atoms with Crippen LogP contribution in [-0.4, -0.2) is 37.7 Å². The van der Waals surface area contributed by atoms with Crippen LogP contribution in [0.5, 0.6) is 11.5 Å². The highest BCUT2D eigenvalue weighted by Crippen LogP contribution is 2.28. The van der Waals surface area contributed by atoms with E-state index in [1.54, 1.807) is 60.7 Å². The SMILES string of the molecule is COc1cc(/C=N/NC(=O)CNC(=O)c2cccc(Cl)c2)ccc1OC(=O)c1cccc(Br)c1. The summed E-state index contributed by atoms with van der Waals surface area (Å²) >= 11 is 9.17. The van der Waals surface area contributed by atoms with Crippen LogP contribution in [0.25, 0.3) is 0 Å². The maximum Gasteiger partial charge on any atom is 0.343 e. The smallest absolute Gasteiger partial charge is 0.343 e. The van der Waals surface area contributed by atoms with Gasteiger partial charge in [-0.1, -0.05) is 39.7 Å². The summed E-state index contributed by atoms with van der Waals surface area (Å²) < 4.78 is 11.5. The Morgan fingerprint density at radius 1 is 1.00 bits per heavy atom. The Labute approximate surface area is 209 Å². The van der Waals surface area contributed by atoms with Crippen molar-refractivity contribution in [3.05, 3.63) is 92.9 Å². The third kappa shape index (κ3) is 7.16. The molecular weight excluding hydrogens is 526 g/mol. The minimum atomic E-state index is -0.534. The predicted octanol–water partition coefficient (Wildman–Crippen LogP) is 4.21. The molecule has 0 radical (unpaired) electrons. The zero-order valence-electron chi connectivity index (χ0n) is 17.9. The Hall–Kier alpha value is -3.69. The maximum atomic E-state index is 12.4. The van der Waals surface area contributed by atoms with E-state index in [9.17, 15) is 14.4 Å². The van der Waals surface area contributed by atoms with E-state index in [4.69, 9.17) is 21.1 Å². The van der Waals surface area contributed by atoms with E-state index in [-0.39, 0.29) is 12.3 Å². The number of amides is 2. The first-order valence-electron chi connectivity index (χ1n) is 9.87. The van der Waals surface area contributed by atoms with Crippen LogP contribution in [0.1, 0.15) is 26.3 Å². The van der Waals surface area contributed by atoms with E-state index in [0.717, 1.165) is 4.47 Å². The molecule has 0 saturated heterocycles. The minimum Gasteiger partial charge on any atom is -0.493 e. The molecule has 0 aliphatic rings. The number of halogens is 2. The third-order valence-electron chi connectivity index (χ3n) is 4.35. The number of esters is 1. The van der Waals surface area contributed by atoms with Gasteiger partial charge in [0.05, 0.1) is 25.4 Å². The van der Waals surface area contributed by atoms with Crippen molar-refractivity contribution in [2.24, 2.45) is 5.10 Å². The summed E-state index contributed by atoms with van der Waals surface area (Å²) in [7, 11) is 1.44. The van der Waals surface area contributed by atoms with Crippen molar-refractivity contribution >= 4 is 51.5 Å². The highest BCUT2D eigenvalue weighted by Gasteiger charge is 2.13. The fraction of sp³-hybridized carbons (Fsp3) is 0.0833. The Balaban J connectivity index is 1.54. The lowest BCUT2D eigenvalue weighted by molar-refractivity contribution is -0.120. The molecule has 0 aromatic heterocycles. The molecule has 0 aliphatic carbocycles. The van der Waals surface area contributed by atoms with Gasteiger partial charge in [0.25, 0.3) is 11.8 Å². The van der Waals surface area contributed by atoms with Crippen molar-refractivity contribution in [2.45, 2.75) is 0 Å². The predicted molar refractivity (Wildman–Crippen MR) is 132 cm³/mol. The lowest BCUT2D eigenvalue weighted by atomic mass is 10.2. The number of nitrogens with one attached hydrogen (secondary N) is 2. The van der Waals surface area contributed by atoms with Gasteiger partial charge in [0.2, 0.25) is 0 Å². The van der Waals surface area contributed by atoms with Crippen LogP contribution in [0.15, 0.2) is 76.3 Å². The van der Waals surface area contributed by atoms with Gasteiger partial charge in [-0.05, 0) is 60.2 Å². The summed E-state index contributed by atoms with van der Waals surface area (Å²) in [6, 6.07) is 18.0. The highest BCUT2D eigenvalue weighted by molar-refractivity contribution is 9.10. The van der Waals surface area contributed by atoms with Gasteiger partial charge in [-0.3, -0.25) is 9.59 Å². The summed E-state index contributed by atoms with van der Waals surface area (Å²) in [5, 5.41) is 6.77. The van der Waals surface area contributed by atoms with Gasteiger partial charge in [0, 0.05) is 15.1 Å². The molecule has 0 fully saturated rings. The second kappa shape index (κ2) is 12.0. The Bertz CT molecular complexity index is 1250. The van der Waals surface area contributed by atoms with Crippen molar-refractivity contribution in [1.29, 1.82) is 0 Å². The van der Waals surface area contributed by atoms with Crippen LogP contribution >= 0.6 is 27.5 Å². The quantitative estimate of drug-likeness (QED) is 0.191. The fourth-order valence-corrected chi connectivity index (χ4v) is 3.32. The van der Waals surface area contributed by atoms with Gasteiger partial charge in [-0.15, -0.1) is 0 Å². The lowest BCUT2D eigenvalue weighted by Crippen LogP contribution is -2.34. The molecule has 0 bridgehead atoms. The average molecular weight is 545 g/mol. The van der Waals surface area contributed by atoms with Crippen LogP contribution < -0.4 is 20.2 Å². The molecule has 0 aliphatic heterocycles. The molecule has 34 heavy (non-hydrogen) atoms. The summed E-state index contributed by atoms with van der Waals surface area (Å²) in [4.78, 5) is 36.4. The fourth-order valence-electron chi connectivity index (χ4n) is 2.73. The molecule has 8 nitrogen and oxygen atoms in total. The minimum absolute atomic E-state index is 0.234. The second-order valence-electron chi connectivity index (χ2n) is 6.80. The number of carbonyl (C=O) groups is 3. The van der Waals surface area contributed by atoms with Crippen molar-refractivity contribution in [3.63, 3.8) is 0 Å². The summed E-state index contributed by atoms with van der Waals surface area (Å²) in [5.41, 5.74) is 3.63. The first-order valence-corrected chi connectivity index (χ1v) is 11.0. The number of hydrogen-bond donors (Lipinski definition) is 2. The number of hydrazone groups is 1. The van der Waals surface area contributed by atoms with Crippen molar-refractivity contribution < 1.29 is 23.9 Å². The molecule has 0 heterocycles. The molecule has 0 saturated carbocycles. The number of benzene rings is 3. The van der Waals surface area contributed by atoms with Gasteiger partial charge in [-0.25, -0.2) is 10.2 Å². The van der Waals surface area contributed by atoms with E-state index in [1.165, 1.54) is 19.4 Å². The molecule has 3 rings (SSSR count). The molecular formula is C24H19BrClN3O5. The molecule has 3 aromatic carbocycles. The lowest BCUT2D eigenvalue weighted by Gasteiger charge is -2.10. The van der Waals surface area contributed by atoms with Gasteiger partial charge < -0.3 is 14.8 Å². The number of carbonyl (C=O) groups excluding carboxylic acids is 3. The zero-order chi connectivity index (χ0) is 24.5. The van der Waals surface area contributed by atoms with Crippen LogP contribution in [0, 0.1) is 0 Å². The molecule has 0 atom stereocenters. The first-order chi connectivity index (χ1) is 16.4. The number of nitrogens with zero attached hydrogens (tertiary/aromatic N) is 1. The largest absolute Gasteiger partial charge is 0.493 e. The number of hydrogen-bond acceptors (Lipinski definition) is 6. The molecule has 174 valence electrons. The molecule has 2 N–H and O–H groups in total. The van der Waals surface area contributed by atoms with E-state index < -0.39 is 17.8 Å². The van der Waals surface area contributed by atoms with Crippen molar-refractivity contribution in [2.75, 3.05) is 13.7 Å². The molecule has 2 amide bonds. The maximum absolute atomic E-state index is 12.4. The van der Waals surface area contributed by atoms with E-state index in [1.807, 2.05) is 0 Å².